The molecule has 0 bridgehead atoms. The molecule has 126 valence electrons. The molecular weight excluding hydrogens is 330 g/mol. The Morgan fingerprint density at radius 3 is 2.92 bits per heavy atom. The minimum Gasteiger partial charge on any atom is -0.444 e. The Bertz CT molecular complexity index is 855. The maximum absolute atomic E-state index is 12.5. The van der Waals surface area contributed by atoms with Gasteiger partial charge in [0.05, 0.1) is 11.3 Å². The second-order valence-electron chi connectivity index (χ2n) is 5.80. The number of benzene rings is 1. The first-order valence-electron chi connectivity index (χ1n) is 7.78. The standard InChI is InChI=1S/C16H17N3O4S/c1-11(10-17)23-16(20)12-6-7-13-14(9-12)24(21,22)18-15-5-3-2-4-8-19(13)15/h6-7,9,11H,2-5,8H2,1H3/t11-/m0/s1. The van der Waals surface area contributed by atoms with Gasteiger partial charge in [0.15, 0.2) is 6.10 Å². The molecule has 8 heteroatoms. The molecule has 0 unspecified atom stereocenters. The number of hydrogen-bond acceptors (Lipinski definition) is 6. The number of nitrogens with zero attached hydrogens (tertiary/aromatic N) is 3. The first kappa shape index (κ1) is 16.5. The summed E-state index contributed by atoms with van der Waals surface area (Å²) < 4.78 is 33.8. The van der Waals surface area contributed by atoms with Crippen LogP contribution < -0.4 is 4.90 Å². The predicted molar refractivity (Wildman–Crippen MR) is 87.4 cm³/mol. The molecule has 1 aromatic carbocycles. The van der Waals surface area contributed by atoms with E-state index in [2.05, 4.69) is 4.40 Å². The van der Waals surface area contributed by atoms with Crippen molar-refractivity contribution in [2.75, 3.05) is 11.4 Å². The van der Waals surface area contributed by atoms with E-state index < -0.39 is 22.1 Å². The SMILES string of the molecule is C[C@@H](C#N)OC(=O)c1ccc2c(c1)S(=O)(=O)N=C1CCCCCN12. The molecule has 0 saturated carbocycles. The van der Waals surface area contributed by atoms with Gasteiger partial charge in [0, 0.05) is 13.0 Å². The molecule has 3 rings (SSSR count). The number of rotatable bonds is 2. The van der Waals surface area contributed by atoms with Gasteiger partial charge in [0.1, 0.15) is 16.8 Å². The van der Waals surface area contributed by atoms with Gasteiger partial charge in [-0.15, -0.1) is 4.40 Å². The highest BCUT2D eigenvalue weighted by molar-refractivity contribution is 7.90. The fraction of sp³-hybridized carbons (Fsp3) is 0.438. The number of carbonyl (C=O) groups excluding carboxylic acids is 1. The molecule has 0 spiro atoms. The summed E-state index contributed by atoms with van der Waals surface area (Å²) in [5.74, 6) is -0.166. The topological polar surface area (TPSA) is 99.8 Å². The largest absolute Gasteiger partial charge is 0.444 e. The number of amidine groups is 1. The third-order valence-corrected chi connectivity index (χ3v) is 5.38. The maximum Gasteiger partial charge on any atom is 0.339 e. The average molecular weight is 347 g/mol. The second-order valence-corrected chi connectivity index (χ2v) is 7.38. The summed E-state index contributed by atoms with van der Waals surface area (Å²) in [5.41, 5.74) is 0.639. The predicted octanol–water partition coefficient (Wildman–Crippen LogP) is 2.24. The molecule has 0 amide bonds. The molecule has 0 N–H and O–H groups in total. The second kappa shape index (κ2) is 6.24. The highest BCUT2D eigenvalue weighted by Crippen LogP contribution is 2.35. The van der Waals surface area contributed by atoms with Crippen molar-refractivity contribution < 1.29 is 17.9 Å². The molecule has 2 heterocycles. The fourth-order valence-electron chi connectivity index (χ4n) is 2.86. The Labute approximate surface area is 140 Å². The minimum absolute atomic E-state index is 0.00668. The molecule has 2 aliphatic heterocycles. The summed E-state index contributed by atoms with van der Waals surface area (Å²) in [5, 5.41) is 8.71. The van der Waals surface area contributed by atoms with E-state index in [0.29, 0.717) is 24.5 Å². The summed E-state index contributed by atoms with van der Waals surface area (Å²) in [6.07, 6.45) is 2.63. The Morgan fingerprint density at radius 1 is 1.38 bits per heavy atom. The third-order valence-electron chi connectivity index (χ3n) is 4.05. The van der Waals surface area contributed by atoms with Crippen molar-refractivity contribution in [2.45, 2.75) is 43.6 Å². The van der Waals surface area contributed by atoms with Crippen molar-refractivity contribution in [3.63, 3.8) is 0 Å². The van der Waals surface area contributed by atoms with Crippen molar-refractivity contribution in [1.29, 1.82) is 5.26 Å². The third kappa shape index (κ3) is 2.99. The lowest BCUT2D eigenvalue weighted by atomic mass is 10.2. The number of fused-ring (bicyclic) bond motifs is 3. The van der Waals surface area contributed by atoms with Gasteiger partial charge in [-0.1, -0.05) is 6.42 Å². The van der Waals surface area contributed by atoms with Crippen molar-refractivity contribution in [3.05, 3.63) is 23.8 Å². The Kier molecular flexibility index (Phi) is 4.28. The molecule has 1 saturated heterocycles. The fourth-order valence-corrected chi connectivity index (χ4v) is 4.15. The van der Waals surface area contributed by atoms with Crippen LogP contribution in [0.1, 0.15) is 43.0 Å². The lowest BCUT2D eigenvalue weighted by Crippen LogP contribution is -2.35. The minimum atomic E-state index is -3.85. The highest BCUT2D eigenvalue weighted by Gasteiger charge is 2.32. The van der Waals surface area contributed by atoms with Crippen LogP contribution in [0.4, 0.5) is 5.69 Å². The van der Waals surface area contributed by atoms with Crippen molar-refractivity contribution >= 4 is 27.5 Å². The summed E-state index contributed by atoms with van der Waals surface area (Å²) in [6, 6.07) is 6.21. The smallest absolute Gasteiger partial charge is 0.339 e. The van der Waals surface area contributed by atoms with Crippen LogP contribution in [0.2, 0.25) is 0 Å². The first-order chi connectivity index (χ1) is 11.4. The highest BCUT2D eigenvalue weighted by atomic mass is 32.2. The normalized spacial score (nSPS) is 19.8. The maximum atomic E-state index is 12.5. The van der Waals surface area contributed by atoms with Crippen LogP contribution in [-0.2, 0) is 14.8 Å². The van der Waals surface area contributed by atoms with E-state index in [1.807, 2.05) is 4.90 Å². The summed E-state index contributed by atoms with van der Waals surface area (Å²) >= 11 is 0. The summed E-state index contributed by atoms with van der Waals surface area (Å²) in [6.45, 7) is 2.15. The summed E-state index contributed by atoms with van der Waals surface area (Å²) in [4.78, 5) is 14.0. The zero-order valence-corrected chi connectivity index (χ0v) is 14.0. The van der Waals surface area contributed by atoms with Gasteiger partial charge in [-0.05, 0) is 38.0 Å². The molecular formula is C16H17N3O4S. The van der Waals surface area contributed by atoms with Crippen molar-refractivity contribution in [1.82, 2.24) is 0 Å². The van der Waals surface area contributed by atoms with Gasteiger partial charge in [-0.3, -0.25) is 0 Å². The van der Waals surface area contributed by atoms with E-state index in [9.17, 15) is 13.2 Å². The molecule has 0 aliphatic carbocycles. The van der Waals surface area contributed by atoms with Crippen LogP contribution in [0, 0.1) is 11.3 Å². The van der Waals surface area contributed by atoms with Crippen molar-refractivity contribution in [2.24, 2.45) is 4.40 Å². The van der Waals surface area contributed by atoms with E-state index in [1.165, 1.54) is 19.1 Å². The lowest BCUT2D eigenvalue weighted by molar-refractivity contribution is 0.0435. The number of ether oxygens (including phenoxy) is 1. The molecule has 1 fully saturated rings. The average Bonchev–Trinajstić information content (AvgIpc) is 2.79. The molecule has 2 aliphatic rings. The first-order valence-corrected chi connectivity index (χ1v) is 9.22. The number of esters is 1. The van der Waals surface area contributed by atoms with E-state index in [-0.39, 0.29) is 10.5 Å². The van der Waals surface area contributed by atoms with Gasteiger partial charge in [-0.2, -0.15) is 13.7 Å². The van der Waals surface area contributed by atoms with E-state index >= 15 is 0 Å². The van der Waals surface area contributed by atoms with Crippen LogP contribution in [0.15, 0.2) is 27.5 Å². The number of nitriles is 1. The number of hydrogen-bond donors (Lipinski definition) is 0. The van der Waals surface area contributed by atoms with E-state index in [0.717, 1.165) is 19.3 Å². The Hall–Kier alpha value is -2.40. The van der Waals surface area contributed by atoms with Crippen molar-refractivity contribution in [3.8, 4) is 6.07 Å². The molecule has 1 aromatic rings. The van der Waals surface area contributed by atoms with Crippen LogP contribution in [0.5, 0.6) is 0 Å². The molecule has 24 heavy (non-hydrogen) atoms. The van der Waals surface area contributed by atoms with Crippen LogP contribution in [-0.4, -0.2) is 32.9 Å². The van der Waals surface area contributed by atoms with Gasteiger partial charge in [0.25, 0.3) is 10.0 Å². The monoisotopic (exact) mass is 347 g/mol. The zero-order valence-electron chi connectivity index (χ0n) is 13.2. The quantitative estimate of drug-likeness (QED) is 0.761. The van der Waals surface area contributed by atoms with Gasteiger partial charge in [-0.25, -0.2) is 4.79 Å². The van der Waals surface area contributed by atoms with E-state index in [4.69, 9.17) is 10.00 Å². The molecule has 0 radical (unpaired) electrons. The van der Waals surface area contributed by atoms with Gasteiger partial charge >= 0.3 is 5.97 Å². The number of anilines is 1. The molecule has 1 atom stereocenters. The van der Waals surface area contributed by atoms with Crippen LogP contribution in [0.25, 0.3) is 0 Å². The number of carbonyl (C=O) groups is 1. The Morgan fingerprint density at radius 2 is 2.17 bits per heavy atom. The molecule has 7 nitrogen and oxygen atoms in total. The summed E-state index contributed by atoms with van der Waals surface area (Å²) in [7, 11) is -3.85. The van der Waals surface area contributed by atoms with Gasteiger partial charge in [0.2, 0.25) is 0 Å². The van der Waals surface area contributed by atoms with Gasteiger partial charge < -0.3 is 9.64 Å². The number of sulfonamides is 1. The Balaban J connectivity index is 2.02. The lowest BCUT2D eigenvalue weighted by Gasteiger charge is -2.29. The van der Waals surface area contributed by atoms with Crippen LogP contribution in [0.3, 0.4) is 0 Å². The zero-order chi connectivity index (χ0) is 17.3. The van der Waals surface area contributed by atoms with Crippen LogP contribution >= 0.6 is 0 Å². The molecule has 0 aromatic heterocycles. The van der Waals surface area contributed by atoms with E-state index in [1.54, 1.807) is 12.1 Å².